The van der Waals surface area contributed by atoms with E-state index in [9.17, 15) is 14.4 Å². The zero-order valence-corrected chi connectivity index (χ0v) is 18.4. The van der Waals surface area contributed by atoms with Gasteiger partial charge in [0.25, 0.3) is 11.5 Å². The van der Waals surface area contributed by atoms with Crippen molar-refractivity contribution in [2.75, 3.05) is 13.7 Å². The minimum atomic E-state index is -0.749. The fourth-order valence-electron chi connectivity index (χ4n) is 3.17. The molecule has 0 atom stereocenters. The van der Waals surface area contributed by atoms with E-state index in [0.29, 0.717) is 26.5 Å². The summed E-state index contributed by atoms with van der Waals surface area (Å²) in [4.78, 5) is 42.8. The second-order valence-corrected chi connectivity index (χ2v) is 7.93. The Labute approximate surface area is 191 Å². The molecule has 0 spiro atoms. The molecule has 8 nitrogen and oxygen atoms in total. The number of ether oxygens (including phenoxy) is 1. The number of para-hydroxylation sites is 1. The van der Waals surface area contributed by atoms with Crippen LogP contribution in [0, 0.1) is 0 Å². The van der Waals surface area contributed by atoms with Crippen molar-refractivity contribution in [3.63, 3.8) is 0 Å². The predicted molar refractivity (Wildman–Crippen MR) is 120 cm³/mol. The van der Waals surface area contributed by atoms with Crippen LogP contribution in [-0.2, 0) is 27.4 Å². The van der Waals surface area contributed by atoms with Crippen molar-refractivity contribution in [2.24, 2.45) is 0 Å². The molecule has 32 heavy (non-hydrogen) atoms. The summed E-state index contributed by atoms with van der Waals surface area (Å²) < 4.78 is 11.7. The molecule has 0 saturated heterocycles. The molecule has 0 aliphatic carbocycles. The number of furan rings is 1. The van der Waals surface area contributed by atoms with Crippen molar-refractivity contribution in [1.29, 1.82) is 0 Å². The lowest BCUT2D eigenvalue weighted by molar-refractivity contribution is -0.152. The summed E-state index contributed by atoms with van der Waals surface area (Å²) in [6.45, 7) is -0.603. The molecule has 0 N–H and O–H groups in total. The van der Waals surface area contributed by atoms with E-state index in [4.69, 9.17) is 32.4 Å². The average Bonchev–Trinajstić information content (AvgIpc) is 3.16. The van der Waals surface area contributed by atoms with Crippen molar-refractivity contribution in [2.45, 2.75) is 13.1 Å². The first kappa shape index (κ1) is 21.9. The number of esters is 1. The number of rotatable bonds is 6. The van der Waals surface area contributed by atoms with E-state index >= 15 is 0 Å². The van der Waals surface area contributed by atoms with Crippen molar-refractivity contribution in [3.8, 4) is 0 Å². The Morgan fingerprint density at radius 1 is 1.16 bits per heavy atom. The molecule has 4 aromatic rings. The van der Waals surface area contributed by atoms with Gasteiger partial charge in [-0.25, -0.2) is 4.98 Å². The number of fused-ring (bicyclic) bond motifs is 3. The summed E-state index contributed by atoms with van der Waals surface area (Å²) in [7, 11) is 1.57. The van der Waals surface area contributed by atoms with E-state index in [1.165, 1.54) is 11.2 Å². The number of benzene rings is 2. The third-order valence-corrected chi connectivity index (χ3v) is 5.58. The topological polar surface area (TPSA) is 94.6 Å². The Kier molecular flexibility index (Phi) is 6.16. The smallest absolute Gasteiger partial charge is 0.326 e. The summed E-state index contributed by atoms with van der Waals surface area (Å²) in [5.74, 6) is -1.16. The fraction of sp³-hybridized carbons (Fsp3) is 0.182. The summed E-state index contributed by atoms with van der Waals surface area (Å²) in [5, 5.41) is 1.52. The molecular weight excluding hydrogens is 457 g/mol. The van der Waals surface area contributed by atoms with E-state index in [-0.39, 0.29) is 12.1 Å². The van der Waals surface area contributed by atoms with Gasteiger partial charge in [-0.3, -0.25) is 19.0 Å². The minimum Gasteiger partial charge on any atom is -0.454 e. The predicted octanol–water partition coefficient (Wildman–Crippen LogP) is 3.65. The largest absolute Gasteiger partial charge is 0.454 e. The first-order valence-corrected chi connectivity index (χ1v) is 10.3. The molecular formula is C22H17Cl2N3O5. The van der Waals surface area contributed by atoms with Gasteiger partial charge in [0.05, 0.1) is 16.4 Å². The molecule has 0 unspecified atom stereocenters. The van der Waals surface area contributed by atoms with Gasteiger partial charge in [0.15, 0.2) is 6.61 Å². The van der Waals surface area contributed by atoms with Gasteiger partial charge in [-0.15, -0.1) is 0 Å². The quantitative estimate of drug-likeness (QED) is 0.396. The van der Waals surface area contributed by atoms with Gasteiger partial charge >= 0.3 is 5.97 Å². The average molecular weight is 474 g/mol. The van der Waals surface area contributed by atoms with Crippen LogP contribution < -0.4 is 5.56 Å². The Balaban J connectivity index is 1.38. The Morgan fingerprint density at radius 3 is 2.72 bits per heavy atom. The van der Waals surface area contributed by atoms with E-state index in [2.05, 4.69) is 4.98 Å². The standard InChI is InChI=1S/C22H17Cl2N3O5/c1-26(9-13-6-7-15(23)16(24)8-13)18(28)11-31-19(29)10-27-12-25-20-14-4-2-3-5-17(14)32-21(20)22(27)30/h2-8,12H,9-11H2,1H3. The zero-order valence-electron chi connectivity index (χ0n) is 16.9. The van der Waals surface area contributed by atoms with Crippen LogP contribution in [0.1, 0.15) is 5.56 Å². The highest BCUT2D eigenvalue weighted by molar-refractivity contribution is 6.42. The molecule has 0 bridgehead atoms. The van der Waals surface area contributed by atoms with Crippen LogP contribution in [0.5, 0.6) is 0 Å². The second-order valence-electron chi connectivity index (χ2n) is 7.11. The second kappa shape index (κ2) is 9.02. The van der Waals surface area contributed by atoms with Crippen LogP contribution in [0.25, 0.3) is 22.1 Å². The van der Waals surface area contributed by atoms with Gasteiger partial charge < -0.3 is 14.1 Å². The SMILES string of the molecule is CN(Cc1ccc(Cl)c(Cl)c1)C(=O)COC(=O)Cn1cnc2c(oc3ccccc32)c1=O. The Bertz CT molecular complexity index is 1400. The van der Waals surface area contributed by atoms with Crippen LogP contribution in [0.2, 0.25) is 10.0 Å². The summed E-state index contributed by atoms with van der Waals surface area (Å²) in [6.07, 6.45) is 1.26. The van der Waals surface area contributed by atoms with Crippen LogP contribution in [-0.4, -0.2) is 40.0 Å². The monoisotopic (exact) mass is 473 g/mol. The van der Waals surface area contributed by atoms with Crippen LogP contribution in [0.4, 0.5) is 0 Å². The summed E-state index contributed by atoms with van der Waals surface area (Å²) >= 11 is 11.9. The number of hydrogen-bond acceptors (Lipinski definition) is 6. The maximum absolute atomic E-state index is 12.7. The molecule has 4 rings (SSSR count). The van der Waals surface area contributed by atoms with E-state index in [1.54, 1.807) is 43.4 Å². The van der Waals surface area contributed by atoms with Gasteiger partial charge in [-0.05, 0) is 29.8 Å². The highest BCUT2D eigenvalue weighted by Gasteiger charge is 2.17. The lowest BCUT2D eigenvalue weighted by atomic mass is 10.2. The molecule has 164 valence electrons. The lowest BCUT2D eigenvalue weighted by Gasteiger charge is -2.17. The number of halogens is 2. The first-order valence-electron chi connectivity index (χ1n) is 9.53. The number of likely N-dealkylation sites (N-methyl/N-ethyl adjacent to an activating group) is 1. The highest BCUT2D eigenvalue weighted by atomic mass is 35.5. The van der Waals surface area contributed by atoms with Crippen molar-refractivity contribution < 1.29 is 18.7 Å². The van der Waals surface area contributed by atoms with Gasteiger partial charge in [0.1, 0.15) is 17.6 Å². The van der Waals surface area contributed by atoms with Crippen molar-refractivity contribution in [3.05, 3.63) is 74.8 Å². The zero-order chi connectivity index (χ0) is 22.8. The molecule has 0 radical (unpaired) electrons. The number of hydrogen-bond donors (Lipinski definition) is 0. The van der Waals surface area contributed by atoms with Gasteiger partial charge in [0.2, 0.25) is 5.58 Å². The van der Waals surface area contributed by atoms with Crippen LogP contribution >= 0.6 is 23.2 Å². The third kappa shape index (κ3) is 4.46. The molecule has 0 aliphatic rings. The summed E-state index contributed by atoms with van der Waals surface area (Å²) in [6, 6.07) is 12.2. The van der Waals surface area contributed by atoms with Crippen LogP contribution in [0.3, 0.4) is 0 Å². The molecule has 10 heteroatoms. The molecule has 2 aromatic carbocycles. The Hall–Kier alpha value is -3.36. The highest BCUT2D eigenvalue weighted by Crippen LogP contribution is 2.24. The first-order chi connectivity index (χ1) is 15.3. The van der Waals surface area contributed by atoms with Gasteiger partial charge in [-0.2, -0.15) is 0 Å². The van der Waals surface area contributed by atoms with Crippen molar-refractivity contribution >= 4 is 57.1 Å². The molecule has 0 fully saturated rings. The fourth-order valence-corrected chi connectivity index (χ4v) is 3.49. The number of carbonyl (C=O) groups is 2. The number of amides is 1. The van der Waals surface area contributed by atoms with Gasteiger partial charge in [-0.1, -0.05) is 41.4 Å². The number of carbonyl (C=O) groups excluding carboxylic acids is 2. The molecule has 2 aromatic heterocycles. The minimum absolute atomic E-state index is 0.0546. The van der Waals surface area contributed by atoms with E-state index in [0.717, 1.165) is 10.1 Å². The van der Waals surface area contributed by atoms with Crippen LogP contribution in [0.15, 0.2) is 58.0 Å². The maximum atomic E-state index is 12.7. The number of aromatic nitrogens is 2. The lowest BCUT2D eigenvalue weighted by Crippen LogP contribution is -2.32. The van der Waals surface area contributed by atoms with Crippen molar-refractivity contribution in [1.82, 2.24) is 14.5 Å². The Morgan fingerprint density at radius 2 is 1.94 bits per heavy atom. The summed E-state index contributed by atoms with van der Waals surface area (Å²) in [5.41, 5.74) is 1.28. The molecule has 2 heterocycles. The molecule has 0 saturated carbocycles. The number of nitrogens with zero attached hydrogens (tertiary/aromatic N) is 3. The van der Waals surface area contributed by atoms with Gasteiger partial charge in [0, 0.05) is 19.0 Å². The maximum Gasteiger partial charge on any atom is 0.326 e. The molecule has 0 aliphatic heterocycles. The van der Waals surface area contributed by atoms with E-state index in [1.807, 2.05) is 6.07 Å². The third-order valence-electron chi connectivity index (χ3n) is 4.84. The van der Waals surface area contributed by atoms with E-state index < -0.39 is 30.6 Å². The normalized spacial score (nSPS) is 11.1. The molecule has 1 amide bonds.